The van der Waals surface area contributed by atoms with E-state index in [4.69, 9.17) is 8.85 Å². The molecule has 1 rings (SSSR count). The fraction of sp³-hybridized carbons (Fsp3) is 0.538. The minimum atomic E-state index is -3.46. The maximum Gasteiger partial charge on any atom is 0.498 e. The molecule has 132 valence electrons. The van der Waals surface area contributed by atoms with Crippen molar-refractivity contribution >= 4 is 14.5 Å². The van der Waals surface area contributed by atoms with E-state index in [1.807, 2.05) is 0 Å². The maximum absolute atomic E-state index is 13.8. The molecule has 0 aliphatic heterocycles. The molecule has 23 heavy (non-hydrogen) atoms. The average Bonchev–Trinajstić information content (AvgIpc) is 2.49. The Morgan fingerprint density at radius 3 is 2.13 bits per heavy atom. The first-order valence-electron chi connectivity index (χ1n) is 7.02. The lowest BCUT2D eigenvalue weighted by Gasteiger charge is -2.23. The van der Waals surface area contributed by atoms with Gasteiger partial charge in [-0.15, -0.1) is 0 Å². The van der Waals surface area contributed by atoms with Crippen LogP contribution in [-0.2, 0) is 8.85 Å². The molecule has 0 radical (unpaired) electrons. The van der Waals surface area contributed by atoms with Crippen LogP contribution in [0.25, 0.3) is 0 Å². The highest BCUT2D eigenvalue weighted by Crippen LogP contribution is 2.27. The van der Waals surface area contributed by atoms with Gasteiger partial charge >= 0.3 is 8.80 Å². The van der Waals surface area contributed by atoms with Gasteiger partial charge in [-0.2, -0.15) is 0 Å². The molecule has 0 aromatic heterocycles. The second-order valence-electron chi connectivity index (χ2n) is 4.59. The predicted octanol–water partition coefficient (Wildman–Crippen LogP) is 3.33. The molecule has 0 amide bonds. The van der Waals surface area contributed by atoms with Crippen LogP contribution in [-0.4, -0.2) is 33.4 Å². The van der Waals surface area contributed by atoms with Crippen LogP contribution in [0, 0.1) is 23.3 Å². The van der Waals surface area contributed by atoms with E-state index in [-0.39, 0.29) is 36.9 Å². The van der Waals surface area contributed by atoms with Crippen molar-refractivity contribution in [2.24, 2.45) is 0 Å². The van der Waals surface area contributed by atoms with Gasteiger partial charge in [-0.1, -0.05) is 4.48 Å². The third-order valence-electron chi connectivity index (χ3n) is 2.93. The van der Waals surface area contributed by atoms with E-state index in [0.717, 1.165) is 0 Å². The largest absolute Gasteiger partial charge is 0.498 e. The normalized spacial score (nSPS) is 11.8. The molecule has 1 aromatic carbocycles. The third-order valence-corrected chi connectivity index (χ3v) is 5.40. The Kier molecular flexibility index (Phi) is 7.38. The highest BCUT2D eigenvalue weighted by atomic mass is 28.4. The number of hydrogen-bond acceptors (Lipinski definition) is 4. The summed E-state index contributed by atoms with van der Waals surface area (Å²) in [4.78, 5) is 10.1. The van der Waals surface area contributed by atoms with Crippen LogP contribution >= 0.6 is 0 Å². The minimum absolute atomic E-state index is 0.0249. The number of rotatable bonds is 9. The lowest BCUT2D eigenvalue weighted by atomic mass is 10.2. The molecule has 0 saturated carbocycles. The molecule has 4 nitrogen and oxygen atoms in total. The molecule has 0 heterocycles. The lowest BCUT2D eigenvalue weighted by molar-refractivity contribution is 0.108. The van der Waals surface area contributed by atoms with E-state index in [1.54, 1.807) is 13.8 Å². The SMILES string of the molecule is CCO[Si](O)(CCCN(F)c1cc(F)c(F)c(F)c1F)OCC. The summed E-state index contributed by atoms with van der Waals surface area (Å²) in [5.74, 6) is -7.61. The Morgan fingerprint density at radius 1 is 1.04 bits per heavy atom. The van der Waals surface area contributed by atoms with E-state index >= 15 is 0 Å². The first-order chi connectivity index (χ1) is 10.8. The van der Waals surface area contributed by atoms with Gasteiger partial charge in [-0.3, -0.25) is 0 Å². The van der Waals surface area contributed by atoms with Gasteiger partial charge in [-0.25, -0.2) is 22.7 Å². The van der Waals surface area contributed by atoms with Crippen LogP contribution in [0.3, 0.4) is 0 Å². The molecular formula is C13H18F5NO3Si. The molecule has 0 saturated heterocycles. The smallest absolute Gasteiger partial charge is 0.390 e. The molecule has 0 spiro atoms. The fourth-order valence-corrected chi connectivity index (χ4v) is 3.81. The van der Waals surface area contributed by atoms with E-state index in [2.05, 4.69) is 0 Å². The first kappa shape index (κ1) is 19.8. The second-order valence-corrected chi connectivity index (χ2v) is 7.09. The van der Waals surface area contributed by atoms with Gasteiger partial charge in [0, 0.05) is 25.3 Å². The molecular weight excluding hydrogens is 341 g/mol. The summed E-state index contributed by atoms with van der Waals surface area (Å²) in [6, 6.07) is 0.200. The van der Waals surface area contributed by atoms with E-state index in [0.29, 0.717) is 0 Å². The van der Waals surface area contributed by atoms with Crippen molar-refractivity contribution in [3.05, 3.63) is 29.3 Å². The van der Waals surface area contributed by atoms with Crippen LogP contribution in [0.5, 0.6) is 0 Å². The number of hydrogen-bond donors (Lipinski definition) is 1. The standard InChI is InChI=1S/C13H18F5NO3Si/c1-3-21-23(20,22-4-2)7-5-6-19(18)10-8-9(14)11(15)13(17)12(10)16/h8,20H,3-7H2,1-2H3. The summed E-state index contributed by atoms with van der Waals surface area (Å²) < 4.78 is 76.4. The summed E-state index contributed by atoms with van der Waals surface area (Å²) >= 11 is 0. The van der Waals surface area contributed by atoms with Crippen molar-refractivity contribution < 1.29 is 35.7 Å². The Bertz CT molecular complexity index is 529. The Balaban J connectivity index is 2.72. The summed E-state index contributed by atoms with van der Waals surface area (Å²) in [5.41, 5.74) is -1.06. The van der Waals surface area contributed by atoms with Crippen LogP contribution in [0.15, 0.2) is 6.07 Å². The summed E-state index contributed by atoms with van der Waals surface area (Å²) in [7, 11) is -3.46. The van der Waals surface area contributed by atoms with Crippen molar-refractivity contribution in [2.75, 3.05) is 24.9 Å². The van der Waals surface area contributed by atoms with Gasteiger partial charge in [0.25, 0.3) is 0 Å². The van der Waals surface area contributed by atoms with Crippen molar-refractivity contribution in [1.82, 2.24) is 0 Å². The molecule has 0 atom stereocenters. The molecule has 0 unspecified atom stereocenters. The van der Waals surface area contributed by atoms with Crippen LogP contribution in [0.4, 0.5) is 27.7 Å². The number of benzene rings is 1. The summed E-state index contributed by atoms with van der Waals surface area (Å²) in [6.07, 6.45) is -0.0285. The van der Waals surface area contributed by atoms with Gasteiger partial charge in [0.05, 0.1) is 6.54 Å². The highest BCUT2D eigenvalue weighted by molar-refractivity contribution is 6.59. The van der Waals surface area contributed by atoms with Crippen molar-refractivity contribution in [3.8, 4) is 0 Å². The molecule has 1 aromatic rings. The molecule has 0 aliphatic carbocycles. The van der Waals surface area contributed by atoms with Crippen molar-refractivity contribution in [1.29, 1.82) is 0 Å². The first-order valence-corrected chi connectivity index (χ1v) is 8.99. The molecule has 0 fully saturated rings. The summed E-state index contributed by atoms with van der Waals surface area (Å²) in [5, 5.41) is -0.256. The van der Waals surface area contributed by atoms with Gasteiger partial charge in [-0.05, 0) is 20.3 Å². The molecule has 0 aliphatic rings. The molecule has 0 bridgehead atoms. The van der Waals surface area contributed by atoms with Crippen LogP contribution < -0.4 is 5.12 Å². The quantitative estimate of drug-likeness (QED) is 0.241. The van der Waals surface area contributed by atoms with Crippen molar-refractivity contribution in [3.63, 3.8) is 0 Å². The Labute approximate surface area is 131 Å². The number of anilines is 1. The zero-order chi connectivity index (χ0) is 17.6. The van der Waals surface area contributed by atoms with Crippen LogP contribution in [0.2, 0.25) is 6.04 Å². The molecule has 10 heteroatoms. The summed E-state index contributed by atoms with van der Waals surface area (Å²) in [6.45, 7) is 3.21. The minimum Gasteiger partial charge on any atom is -0.390 e. The zero-order valence-corrected chi connectivity index (χ0v) is 13.7. The number of halogens is 5. The van der Waals surface area contributed by atoms with E-state index in [9.17, 15) is 26.8 Å². The zero-order valence-electron chi connectivity index (χ0n) is 12.7. The van der Waals surface area contributed by atoms with E-state index in [1.165, 1.54) is 0 Å². The lowest BCUT2D eigenvalue weighted by Crippen LogP contribution is -2.43. The number of nitrogens with zero attached hydrogens (tertiary/aromatic N) is 1. The average molecular weight is 359 g/mol. The van der Waals surface area contributed by atoms with Crippen LogP contribution in [0.1, 0.15) is 20.3 Å². The van der Waals surface area contributed by atoms with Crippen molar-refractivity contribution in [2.45, 2.75) is 26.3 Å². The van der Waals surface area contributed by atoms with Gasteiger partial charge in [0.1, 0.15) is 5.69 Å². The van der Waals surface area contributed by atoms with Gasteiger partial charge in [0.15, 0.2) is 23.3 Å². The topological polar surface area (TPSA) is 41.9 Å². The molecule has 1 N–H and O–H groups in total. The fourth-order valence-electron chi connectivity index (χ4n) is 1.94. The predicted molar refractivity (Wildman–Crippen MR) is 75.4 cm³/mol. The monoisotopic (exact) mass is 359 g/mol. The van der Waals surface area contributed by atoms with Gasteiger partial charge in [0.2, 0.25) is 0 Å². The maximum atomic E-state index is 13.8. The van der Waals surface area contributed by atoms with E-state index < -0.39 is 44.3 Å². The Hall–Kier alpha value is -1.23. The highest BCUT2D eigenvalue weighted by Gasteiger charge is 2.35. The third kappa shape index (κ3) is 5.13. The van der Waals surface area contributed by atoms with Gasteiger partial charge < -0.3 is 13.6 Å². The Morgan fingerprint density at radius 2 is 1.61 bits per heavy atom. The second kappa shape index (κ2) is 8.57.